The highest BCUT2D eigenvalue weighted by Crippen LogP contribution is 2.45. The molecule has 0 aliphatic carbocycles. The summed E-state index contributed by atoms with van der Waals surface area (Å²) in [6.07, 6.45) is 1.80. The minimum absolute atomic E-state index is 0.176. The highest BCUT2D eigenvalue weighted by atomic mass is 32.2. The van der Waals surface area contributed by atoms with Crippen molar-refractivity contribution in [2.24, 2.45) is 4.99 Å². The Morgan fingerprint density at radius 2 is 1.97 bits per heavy atom. The van der Waals surface area contributed by atoms with E-state index in [0.29, 0.717) is 11.5 Å². The van der Waals surface area contributed by atoms with E-state index >= 15 is 0 Å². The molecule has 6 nitrogen and oxygen atoms in total. The maximum absolute atomic E-state index is 12.6. The van der Waals surface area contributed by atoms with E-state index in [1.807, 2.05) is 20.8 Å². The number of hydrogen-bond donors (Lipinski definition) is 0. The number of nitrogens with zero attached hydrogens (tertiary/aromatic N) is 3. The van der Waals surface area contributed by atoms with E-state index in [4.69, 9.17) is 9.26 Å². The Bertz CT molecular complexity index is 1040. The molecule has 0 radical (unpaired) electrons. The predicted molar refractivity (Wildman–Crippen MR) is 112 cm³/mol. The fourth-order valence-corrected chi connectivity index (χ4v) is 5.67. The Balaban J connectivity index is 1.34. The molecule has 1 fully saturated rings. The Morgan fingerprint density at radius 1 is 1.21 bits per heavy atom. The van der Waals surface area contributed by atoms with Crippen LogP contribution in [-0.2, 0) is 21.7 Å². The molecule has 0 N–H and O–H groups in total. The summed E-state index contributed by atoms with van der Waals surface area (Å²) in [5.74, 6) is 0.552. The second-order valence-corrected chi connectivity index (χ2v) is 8.86. The van der Waals surface area contributed by atoms with Gasteiger partial charge in [-0.05, 0) is 62.1 Å². The summed E-state index contributed by atoms with van der Waals surface area (Å²) >= 11 is 1.46. The number of likely N-dealkylation sites (tertiary alicyclic amines) is 1. The fourth-order valence-electron chi connectivity index (χ4n) is 4.66. The van der Waals surface area contributed by atoms with Crippen LogP contribution >= 0.6 is 11.8 Å². The van der Waals surface area contributed by atoms with Crippen molar-refractivity contribution in [3.05, 3.63) is 57.3 Å². The highest BCUT2D eigenvalue weighted by molar-refractivity contribution is 8.18. The van der Waals surface area contributed by atoms with Crippen LogP contribution in [0.15, 0.2) is 38.7 Å². The topological polar surface area (TPSA) is 67.9 Å². The minimum atomic E-state index is -0.188. The molecule has 7 heteroatoms. The highest BCUT2D eigenvalue weighted by Gasteiger charge is 2.43. The Hall–Kier alpha value is -2.38. The second kappa shape index (κ2) is 6.85. The molecule has 0 atom stereocenters. The first kappa shape index (κ1) is 18.6. The number of rotatable bonds is 1. The molecule has 0 unspecified atom stereocenters. The number of benzene rings is 1. The maximum atomic E-state index is 12.6. The summed E-state index contributed by atoms with van der Waals surface area (Å²) < 4.78 is 11.5. The lowest BCUT2D eigenvalue weighted by Crippen LogP contribution is -2.44. The molecular weight excluding hydrogens is 386 g/mol. The number of fused-ring (bicyclic) bond motifs is 2. The summed E-state index contributed by atoms with van der Waals surface area (Å²) in [5, 5.41) is 4.80. The molecule has 3 aliphatic rings. The van der Waals surface area contributed by atoms with Gasteiger partial charge in [-0.2, -0.15) is 4.99 Å². The molecule has 29 heavy (non-hydrogen) atoms. The van der Waals surface area contributed by atoms with E-state index in [9.17, 15) is 4.79 Å². The first-order valence-corrected chi connectivity index (χ1v) is 10.7. The van der Waals surface area contributed by atoms with Gasteiger partial charge >= 0.3 is 0 Å². The van der Waals surface area contributed by atoms with Gasteiger partial charge in [-0.1, -0.05) is 29.4 Å². The number of aryl methyl sites for hydroxylation is 2. The summed E-state index contributed by atoms with van der Waals surface area (Å²) in [6, 6.07) is 8.50. The van der Waals surface area contributed by atoms with Crippen molar-refractivity contribution >= 4 is 28.4 Å². The van der Waals surface area contributed by atoms with E-state index in [2.05, 4.69) is 39.3 Å². The molecule has 2 aromatic rings. The first-order valence-electron chi connectivity index (χ1n) is 9.91. The van der Waals surface area contributed by atoms with Crippen molar-refractivity contribution in [1.82, 2.24) is 10.1 Å². The van der Waals surface area contributed by atoms with Crippen LogP contribution in [0, 0.1) is 13.8 Å². The van der Waals surface area contributed by atoms with Crippen LogP contribution in [0.3, 0.4) is 0 Å². The number of carbonyl (C=O) groups is 1. The lowest BCUT2D eigenvalue weighted by atomic mass is 9.84. The molecule has 5 rings (SSSR count). The number of ether oxygens (including phenoxy) is 1. The van der Waals surface area contributed by atoms with Crippen LogP contribution in [0.2, 0.25) is 0 Å². The number of thioether (sulfide) groups is 1. The standard InChI is InChI=1S/C22H23N3O3S/c1-13(18-14(2)24-28-15(18)3)19-20(26)23-21(29-19)25-10-8-22(9-11-25)17-7-5-4-6-16(17)12-27-22/h4-7H,8-12H2,1-3H3/b19-13+. The maximum Gasteiger partial charge on any atom is 0.286 e. The Morgan fingerprint density at radius 3 is 2.69 bits per heavy atom. The summed E-state index contributed by atoms with van der Waals surface area (Å²) in [6.45, 7) is 8.05. The Labute approximate surface area is 174 Å². The van der Waals surface area contributed by atoms with Crippen LogP contribution in [0.25, 0.3) is 5.57 Å². The SMILES string of the molecule is C/C(=C1\SC(N2CCC3(CC2)OCc2ccccc23)=NC1=O)c1c(C)noc1C. The monoisotopic (exact) mass is 409 g/mol. The zero-order valence-electron chi connectivity index (χ0n) is 16.8. The average molecular weight is 410 g/mol. The van der Waals surface area contributed by atoms with Gasteiger partial charge in [-0.15, -0.1) is 0 Å². The molecule has 1 aromatic heterocycles. The van der Waals surface area contributed by atoms with Gasteiger partial charge in [0, 0.05) is 18.7 Å². The third-order valence-electron chi connectivity index (χ3n) is 6.19. The molecular formula is C22H23N3O3S. The van der Waals surface area contributed by atoms with Crippen molar-refractivity contribution in [3.63, 3.8) is 0 Å². The van der Waals surface area contributed by atoms with E-state index in [0.717, 1.165) is 53.7 Å². The summed E-state index contributed by atoms with van der Waals surface area (Å²) in [4.78, 5) is 19.9. The Kier molecular flexibility index (Phi) is 4.40. The van der Waals surface area contributed by atoms with Crippen LogP contribution < -0.4 is 0 Å². The number of carbonyl (C=O) groups excluding carboxylic acids is 1. The van der Waals surface area contributed by atoms with Gasteiger partial charge in [-0.25, -0.2) is 0 Å². The van der Waals surface area contributed by atoms with E-state index < -0.39 is 0 Å². The van der Waals surface area contributed by atoms with Crippen LogP contribution in [0.1, 0.15) is 47.9 Å². The molecule has 0 saturated carbocycles. The van der Waals surface area contributed by atoms with Gasteiger partial charge < -0.3 is 14.2 Å². The number of allylic oxidation sites excluding steroid dienone is 1. The van der Waals surface area contributed by atoms with Gasteiger partial charge in [0.1, 0.15) is 5.76 Å². The van der Waals surface area contributed by atoms with Gasteiger partial charge in [0.25, 0.3) is 5.91 Å². The number of aliphatic imine (C=N–C) groups is 1. The molecule has 150 valence electrons. The number of piperidine rings is 1. The molecule has 4 heterocycles. The number of hydrogen-bond acceptors (Lipinski definition) is 6. The zero-order valence-corrected chi connectivity index (χ0v) is 17.6. The predicted octanol–water partition coefficient (Wildman–Crippen LogP) is 4.17. The fraction of sp³-hybridized carbons (Fsp3) is 0.409. The number of amides is 1. The van der Waals surface area contributed by atoms with Gasteiger partial charge in [-0.3, -0.25) is 4.79 Å². The third-order valence-corrected chi connectivity index (χ3v) is 7.40. The molecule has 1 spiro atoms. The van der Waals surface area contributed by atoms with Gasteiger partial charge in [0.05, 0.1) is 22.8 Å². The molecule has 1 amide bonds. The summed E-state index contributed by atoms with van der Waals surface area (Å²) in [7, 11) is 0. The first-order chi connectivity index (χ1) is 14.0. The number of amidine groups is 1. The van der Waals surface area contributed by atoms with Crippen molar-refractivity contribution < 1.29 is 14.1 Å². The zero-order chi connectivity index (χ0) is 20.2. The second-order valence-electron chi connectivity index (χ2n) is 7.88. The molecule has 1 saturated heterocycles. The smallest absolute Gasteiger partial charge is 0.286 e. The van der Waals surface area contributed by atoms with Crippen molar-refractivity contribution in [1.29, 1.82) is 0 Å². The lowest BCUT2D eigenvalue weighted by Gasteiger charge is -2.39. The normalized spacial score (nSPS) is 22.2. The van der Waals surface area contributed by atoms with E-state index in [-0.39, 0.29) is 11.5 Å². The third kappa shape index (κ3) is 2.95. The van der Waals surface area contributed by atoms with Crippen molar-refractivity contribution in [2.45, 2.75) is 45.8 Å². The molecule has 0 bridgehead atoms. The lowest BCUT2D eigenvalue weighted by molar-refractivity contribution is -0.113. The molecule has 1 aromatic carbocycles. The average Bonchev–Trinajstić information content (AvgIpc) is 3.39. The van der Waals surface area contributed by atoms with Gasteiger partial charge in [0.15, 0.2) is 5.17 Å². The van der Waals surface area contributed by atoms with E-state index in [1.54, 1.807) is 0 Å². The van der Waals surface area contributed by atoms with Crippen molar-refractivity contribution in [3.8, 4) is 0 Å². The largest absolute Gasteiger partial charge is 0.365 e. The van der Waals surface area contributed by atoms with Crippen LogP contribution in [0.5, 0.6) is 0 Å². The minimum Gasteiger partial charge on any atom is -0.365 e. The number of aromatic nitrogens is 1. The quantitative estimate of drug-likeness (QED) is 0.659. The van der Waals surface area contributed by atoms with Crippen LogP contribution in [-0.4, -0.2) is 34.2 Å². The van der Waals surface area contributed by atoms with Crippen LogP contribution in [0.4, 0.5) is 0 Å². The molecule has 3 aliphatic heterocycles. The van der Waals surface area contributed by atoms with E-state index in [1.165, 1.54) is 22.9 Å². The summed E-state index contributed by atoms with van der Waals surface area (Å²) in [5.41, 5.74) is 5.02. The van der Waals surface area contributed by atoms with Gasteiger partial charge in [0.2, 0.25) is 0 Å². The van der Waals surface area contributed by atoms with Crippen molar-refractivity contribution in [2.75, 3.05) is 13.1 Å².